The van der Waals surface area contributed by atoms with E-state index >= 15 is 0 Å². The number of carbonyl (C=O) groups is 2. The molecule has 1 amide bonds. The van der Waals surface area contributed by atoms with Crippen LogP contribution in [-0.2, 0) is 19.6 Å². The largest absolute Gasteiger partial charge is 0.462 e. The van der Waals surface area contributed by atoms with Gasteiger partial charge in [-0.3, -0.25) is 4.79 Å². The Morgan fingerprint density at radius 3 is 2.14 bits per heavy atom. The van der Waals surface area contributed by atoms with Crippen LogP contribution < -0.4 is 5.32 Å². The first-order valence-electron chi connectivity index (χ1n) is 8.91. The molecule has 150 valence electrons. The van der Waals surface area contributed by atoms with Gasteiger partial charge in [-0.2, -0.15) is 4.31 Å². The van der Waals surface area contributed by atoms with Gasteiger partial charge < -0.3 is 10.1 Å². The molecule has 0 saturated heterocycles. The van der Waals surface area contributed by atoms with Gasteiger partial charge in [0.05, 0.1) is 23.6 Å². The highest BCUT2D eigenvalue weighted by Crippen LogP contribution is 2.17. The third kappa shape index (κ3) is 5.40. The summed E-state index contributed by atoms with van der Waals surface area (Å²) in [6.45, 7) is 5.38. The zero-order valence-corrected chi connectivity index (χ0v) is 17.0. The van der Waals surface area contributed by atoms with Crippen molar-refractivity contribution < 1.29 is 22.7 Å². The van der Waals surface area contributed by atoms with Crippen molar-refractivity contribution in [3.63, 3.8) is 0 Å². The van der Waals surface area contributed by atoms with E-state index in [4.69, 9.17) is 4.74 Å². The monoisotopic (exact) mass is 404 g/mol. The van der Waals surface area contributed by atoms with Crippen LogP contribution in [-0.4, -0.2) is 44.3 Å². The molecule has 0 aliphatic rings. The van der Waals surface area contributed by atoms with Gasteiger partial charge in [0.1, 0.15) is 0 Å². The Kier molecular flexibility index (Phi) is 7.31. The van der Waals surface area contributed by atoms with Gasteiger partial charge in [-0.25, -0.2) is 13.2 Å². The molecule has 0 saturated carbocycles. The van der Waals surface area contributed by atoms with Crippen LogP contribution in [0, 0.1) is 6.92 Å². The first kappa shape index (κ1) is 21.6. The summed E-state index contributed by atoms with van der Waals surface area (Å²) in [6, 6.07) is 12.7. The lowest BCUT2D eigenvalue weighted by molar-refractivity contribution is -0.116. The third-order valence-electron chi connectivity index (χ3n) is 4.01. The number of benzene rings is 2. The molecule has 2 aromatic rings. The lowest BCUT2D eigenvalue weighted by atomic mass is 10.2. The molecule has 0 unspecified atom stereocenters. The minimum atomic E-state index is -3.77. The van der Waals surface area contributed by atoms with Crippen molar-refractivity contribution in [1.29, 1.82) is 0 Å². The summed E-state index contributed by atoms with van der Waals surface area (Å²) >= 11 is 0. The van der Waals surface area contributed by atoms with Gasteiger partial charge in [0.15, 0.2) is 0 Å². The molecule has 0 heterocycles. The number of nitrogens with zero attached hydrogens (tertiary/aromatic N) is 1. The van der Waals surface area contributed by atoms with Gasteiger partial charge in [0, 0.05) is 12.2 Å². The van der Waals surface area contributed by atoms with Crippen LogP contribution >= 0.6 is 0 Å². The molecule has 0 atom stereocenters. The van der Waals surface area contributed by atoms with Crippen molar-refractivity contribution in [2.24, 2.45) is 0 Å². The van der Waals surface area contributed by atoms with Gasteiger partial charge in [0.25, 0.3) is 0 Å². The Bertz CT molecular complexity index is 922. The Labute approximate surface area is 165 Å². The molecule has 7 nitrogen and oxygen atoms in total. The minimum Gasteiger partial charge on any atom is -0.462 e. The topological polar surface area (TPSA) is 92.8 Å². The zero-order chi connectivity index (χ0) is 20.7. The summed E-state index contributed by atoms with van der Waals surface area (Å²) in [5.41, 5.74) is 1.78. The highest BCUT2D eigenvalue weighted by molar-refractivity contribution is 7.89. The Morgan fingerprint density at radius 1 is 1.00 bits per heavy atom. The van der Waals surface area contributed by atoms with E-state index in [2.05, 4.69) is 5.32 Å². The quantitative estimate of drug-likeness (QED) is 0.683. The van der Waals surface area contributed by atoms with E-state index in [1.807, 2.05) is 6.92 Å². The van der Waals surface area contributed by atoms with Gasteiger partial charge >= 0.3 is 5.97 Å². The zero-order valence-electron chi connectivity index (χ0n) is 16.1. The van der Waals surface area contributed by atoms with Crippen LogP contribution in [0.2, 0.25) is 0 Å². The summed E-state index contributed by atoms with van der Waals surface area (Å²) in [5, 5.41) is 2.64. The molecule has 0 radical (unpaired) electrons. The van der Waals surface area contributed by atoms with E-state index < -0.39 is 21.9 Å². The lowest BCUT2D eigenvalue weighted by Gasteiger charge is -2.20. The van der Waals surface area contributed by atoms with Gasteiger partial charge in [-0.15, -0.1) is 0 Å². The maximum Gasteiger partial charge on any atom is 0.338 e. The van der Waals surface area contributed by atoms with E-state index in [0.717, 1.165) is 9.87 Å². The maximum absolute atomic E-state index is 12.7. The van der Waals surface area contributed by atoms with Gasteiger partial charge in [-0.1, -0.05) is 24.6 Å². The number of carbonyl (C=O) groups excluding carboxylic acids is 2. The van der Waals surface area contributed by atoms with Crippen LogP contribution in [0.3, 0.4) is 0 Å². The second-order valence-electron chi connectivity index (χ2n) is 6.09. The highest BCUT2D eigenvalue weighted by Gasteiger charge is 2.25. The summed E-state index contributed by atoms with van der Waals surface area (Å²) in [4.78, 5) is 24.1. The molecular weight excluding hydrogens is 380 g/mol. The molecule has 1 N–H and O–H groups in total. The fraction of sp³-hybridized carbons (Fsp3) is 0.300. The highest BCUT2D eigenvalue weighted by atomic mass is 32.2. The normalized spacial score (nSPS) is 11.3. The number of amides is 1. The number of ether oxygens (including phenoxy) is 1. The first-order chi connectivity index (χ1) is 13.3. The number of rotatable bonds is 8. The molecule has 0 aliphatic carbocycles. The predicted octanol–water partition coefficient (Wildman–Crippen LogP) is 2.82. The van der Waals surface area contributed by atoms with Crippen molar-refractivity contribution in [3.05, 3.63) is 59.7 Å². The summed E-state index contributed by atoms with van der Waals surface area (Å²) < 4.78 is 31.5. The average Bonchev–Trinajstić information content (AvgIpc) is 2.67. The SMILES string of the molecule is CCOC(=O)c1ccc(NC(=O)CN(CC)S(=O)(=O)c2ccc(C)cc2)cc1. The van der Waals surface area contributed by atoms with Crippen LogP contribution in [0.5, 0.6) is 0 Å². The molecular formula is C20H24N2O5S. The number of hydrogen-bond donors (Lipinski definition) is 1. The molecule has 0 fully saturated rings. The van der Waals surface area contributed by atoms with Crippen molar-refractivity contribution in [1.82, 2.24) is 4.31 Å². The molecule has 0 aliphatic heterocycles. The van der Waals surface area contributed by atoms with Crippen LogP contribution in [0.4, 0.5) is 5.69 Å². The number of aryl methyl sites for hydroxylation is 1. The van der Waals surface area contributed by atoms with Crippen LogP contribution in [0.25, 0.3) is 0 Å². The molecule has 2 rings (SSSR count). The second kappa shape index (κ2) is 9.48. The van der Waals surface area contributed by atoms with Crippen molar-refractivity contribution in [2.75, 3.05) is 25.0 Å². The van der Waals surface area contributed by atoms with Gasteiger partial charge in [0.2, 0.25) is 15.9 Å². The first-order valence-corrected chi connectivity index (χ1v) is 10.4. The second-order valence-corrected chi connectivity index (χ2v) is 8.03. The standard InChI is InChI=1S/C20H24N2O5S/c1-4-22(28(25,26)18-12-6-15(3)7-13-18)14-19(23)21-17-10-8-16(9-11-17)20(24)27-5-2/h6-13H,4-5,14H2,1-3H3,(H,21,23). The fourth-order valence-electron chi connectivity index (χ4n) is 2.49. The van der Waals surface area contributed by atoms with Crippen molar-refractivity contribution >= 4 is 27.6 Å². The van der Waals surface area contributed by atoms with E-state index in [0.29, 0.717) is 11.3 Å². The molecule has 0 bridgehead atoms. The van der Waals surface area contributed by atoms with Gasteiger partial charge in [-0.05, 0) is 50.2 Å². The lowest BCUT2D eigenvalue weighted by Crippen LogP contribution is -2.37. The van der Waals surface area contributed by atoms with E-state index in [1.54, 1.807) is 38.1 Å². The number of hydrogen-bond acceptors (Lipinski definition) is 5. The Balaban J connectivity index is 2.06. The molecule has 8 heteroatoms. The Hall–Kier alpha value is -2.71. The summed E-state index contributed by atoms with van der Waals surface area (Å²) in [6.07, 6.45) is 0. The molecule has 0 aromatic heterocycles. The average molecular weight is 404 g/mol. The molecule has 0 spiro atoms. The summed E-state index contributed by atoms with van der Waals surface area (Å²) in [5.74, 6) is -0.914. The van der Waals surface area contributed by atoms with Crippen molar-refractivity contribution in [2.45, 2.75) is 25.7 Å². The number of nitrogens with one attached hydrogen (secondary N) is 1. The minimum absolute atomic E-state index is 0.145. The maximum atomic E-state index is 12.7. The predicted molar refractivity (Wildman–Crippen MR) is 107 cm³/mol. The third-order valence-corrected chi connectivity index (χ3v) is 5.95. The van der Waals surface area contributed by atoms with Crippen LogP contribution in [0.1, 0.15) is 29.8 Å². The summed E-state index contributed by atoms with van der Waals surface area (Å²) in [7, 11) is -3.77. The molecule has 28 heavy (non-hydrogen) atoms. The number of anilines is 1. The van der Waals surface area contributed by atoms with E-state index in [1.165, 1.54) is 24.3 Å². The van der Waals surface area contributed by atoms with E-state index in [-0.39, 0.29) is 24.6 Å². The smallest absolute Gasteiger partial charge is 0.338 e. The fourth-order valence-corrected chi connectivity index (χ4v) is 3.90. The number of sulfonamides is 1. The number of likely N-dealkylation sites (N-methyl/N-ethyl adjacent to an activating group) is 1. The Morgan fingerprint density at radius 2 is 1.61 bits per heavy atom. The number of esters is 1. The van der Waals surface area contributed by atoms with E-state index in [9.17, 15) is 18.0 Å². The van der Waals surface area contributed by atoms with Crippen molar-refractivity contribution in [3.8, 4) is 0 Å². The van der Waals surface area contributed by atoms with Crippen LogP contribution in [0.15, 0.2) is 53.4 Å². The molecule has 2 aromatic carbocycles.